The number of hydrogen-bond donors (Lipinski definition) is 2. The molecule has 0 atom stereocenters. The first-order valence-corrected chi connectivity index (χ1v) is 10.6. The fourth-order valence-electron chi connectivity index (χ4n) is 2.87. The SMILES string of the molecule is Cc1cccc(C)c1NCC(=O)N/N=C\c1cc(Br)ccc1OC(=O)/C=C/c1ccco1. The van der Waals surface area contributed by atoms with Crippen molar-refractivity contribution in [3.63, 3.8) is 0 Å². The van der Waals surface area contributed by atoms with E-state index >= 15 is 0 Å². The standard InChI is InChI=1S/C24H22BrN3O4/c1-16-5-3-6-17(2)24(16)26-15-22(29)28-27-14-18-13-19(25)8-10-21(18)32-23(30)11-9-20-7-4-12-31-20/h3-14,26H,15H2,1-2H3,(H,28,29)/b11-9+,27-14-. The van der Waals surface area contributed by atoms with E-state index in [1.54, 1.807) is 30.3 Å². The van der Waals surface area contributed by atoms with Gasteiger partial charge in [-0.1, -0.05) is 34.1 Å². The van der Waals surface area contributed by atoms with E-state index in [0.717, 1.165) is 21.3 Å². The van der Waals surface area contributed by atoms with Crippen LogP contribution < -0.4 is 15.5 Å². The maximum absolute atomic E-state index is 12.2. The molecule has 2 N–H and O–H groups in total. The lowest BCUT2D eigenvalue weighted by Gasteiger charge is -2.11. The van der Waals surface area contributed by atoms with Gasteiger partial charge >= 0.3 is 5.97 Å². The number of hydrogen-bond acceptors (Lipinski definition) is 6. The van der Waals surface area contributed by atoms with E-state index < -0.39 is 5.97 Å². The molecule has 0 spiro atoms. The van der Waals surface area contributed by atoms with Crippen LogP contribution in [0.25, 0.3) is 6.08 Å². The number of nitrogens with zero attached hydrogens (tertiary/aromatic N) is 1. The molecule has 8 heteroatoms. The molecule has 164 valence electrons. The highest BCUT2D eigenvalue weighted by Gasteiger charge is 2.08. The average molecular weight is 496 g/mol. The number of carbonyl (C=O) groups is 2. The van der Waals surface area contributed by atoms with Crippen LogP contribution >= 0.6 is 15.9 Å². The summed E-state index contributed by atoms with van der Waals surface area (Å²) in [6.07, 6.45) is 5.71. The number of ether oxygens (including phenoxy) is 1. The second-order valence-electron chi connectivity index (χ2n) is 6.87. The third-order valence-corrected chi connectivity index (χ3v) is 4.90. The number of amides is 1. The number of rotatable bonds is 8. The Morgan fingerprint density at radius 2 is 1.91 bits per heavy atom. The van der Waals surface area contributed by atoms with Gasteiger partial charge in [0.15, 0.2) is 0 Å². The summed E-state index contributed by atoms with van der Waals surface area (Å²) in [5, 5.41) is 7.11. The minimum absolute atomic E-state index is 0.0704. The molecule has 0 aliphatic heterocycles. The summed E-state index contributed by atoms with van der Waals surface area (Å²) >= 11 is 3.38. The first kappa shape index (κ1) is 23.0. The van der Waals surface area contributed by atoms with Crippen molar-refractivity contribution in [2.24, 2.45) is 5.10 Å². The lowest BCUT2D eigenvalue weighted by molar-refractivity contribution is -0.129. The van der Waals surface area contributed by atoms with Gasteiger partial charge in [0.1, 0.15) is 11.5 Å². The van der Waals surface area contributed by atoms with E-state index in [0.29, 0.717) is 17.1 Å². The normalized spacial score (nSPS) is 11.1. The van der Waals surface area contributed by atoms with Gasteiger partial charge in [-0.05, 0) is 61.4 Å². The highest BCUT2D eigenvalue weighted by Crippen LogP contribution is 2.22. The third-order valence-electron chi connectivity index (χ3n) is 4.41. The van der Waals surface area contributed by atoms with Gasteiger partial charge in [-0.2, -0.15) is 5.10 Å². The van der Waals surface area contributed by atoms with E-state index in [2.05, 4.69) is 31.8 Å². The van der Waals surface area contributed by atoms with Crippen LogP contribution in [0.15, 0.2) is 74.9 Å². The number of furan rings is 1. The van der Waals surface area contributed by atoms with E-state index in [-0.39, 0.29) is 12.5 Å². The van der Waals surface area contributed by atoms with E-state index in [4.69, 9.17) is 9.15 Å². The molecule has 7 nitrogen and oxygen atoms in total. The maximum atomic E-state index is 12.2. The Morgan fingerprint density at radius 3 is 2.62 bits per heavy atom. The molecule has 1 amide bonds. The zero-order valence-corrected chi connectivity index (χ0v) is 19.2. The van der Waals surface area contributed by atoms with Crippen molar-refractivity contribution in [1.29, 1.82) is 0 Å². The number of esters is 1. The Bertz CT molecular complexity index is 1130. The smallest absolute Gasteiger partial charge is 0.336 e. The Kier molecular flexibility index (Phi) is 7.99. The summed E-state index contributed by atoms with van der Waals surface area (Å²) in [6.45, 7) is 4.03. The molecule has 0 bridgehead atoms. The van der Waals surface area contributed by atoms with Crippen molar-refractivity contribution in [2.45, 2.75) is 13.8 Å². The highest BCUT2D eigenvalue weighted by molar-refractivity contribution is 9.10. The molecule has 0 radical (unpaired) electrons. The summed E-state index contributed by atoms with van der Waals surface area (Å²) in [5.41, 5.74) is 6.03. The average Bonchev–Trinajstić information content (AvgIpc) is 3.27. The summed E-state index contributed by atoms with van der Waals surface area (Å²) in [6, 6.07) is 14.5. The monoisotopic (exact) mass is 495 g/mol. The largest absolute Gasteiger partial charge is 0.465 e. The number of carbonyl (C=O) groups excluding carboxylic acids is 2. The molecule has 2 aromatic carbocycles. The molecule has 0 fully saturated rings. The summed E-state index contributed by atoms with van der Waals surface area (Å²) < 4.78 is 11.3. The number of halogens is 1. The summed E-state index contributed by atoms with van der Waals surface area (Å²) in [7, 11) is 0. The van der Waals surface area contributed by atoms with Gasteiger partial charge in [0.2, 0.25) is 0 Å². The molecule has 0 saturated heterocycles. The predicted octanol–water partition coefficient (Wildman–Crippen LogP) is 4.84. The third kappa shape index (κ3) is 6.68. The van der Waals surface area contributed by atoms with Crippen LogP contribution in [0, 0.1) is 13.8 Å². The minimum atomic E-state index is -0.569. The van der Waals surface area contributed by atoms with Crippen molar-refractivity contribution in [3.05, 3.63) is 87.8 Å². The maximum Gasteiger partial charge on any atom is 0.336 e. The van der Waals surface area contributed by atoms with Crippen molar-refractivity contribution in [3.8, 4) is 5.75 Å². The molecular weight excluding hydrogens is 474 g/mol. The fraction of sp³-hybridized carbons (Fsp3) is 0.125. The number of aryl methyl sites for hydroxylation is 2. The Hall–Kier alpha value is -3.65. The number of nitrogens with one attached hydrogen (secondary N) is 2. The van der Waals surface area contributed by atoms with E-state index in [9.17, 15) is 9.59 Å². The van der Waals surface area contributed by atoms with Gasteiger partial charge in [0.05, 0.1) is 19.0 Å². The van der Waals surface area contributed by atoms with Crippen LogP contribution in [0.4, 0.5) is 5.69 Å². The predicted molar refractivity (Wildman–Crippen MR) is 128 cm³/mol. The fourth-order valence-corrected chi connectivity index (χ4v) is 3.25. The van der Waals surface area contributed by atoms with Gasteiger partial charge in [-0.25, -0.2) is 10.2 Å². The number of anilines is 1. The molecule has 1 aromatic heterocycles. The van der Waals surface area contributed by atoms with Crippen LogP contribution in [-0.4, -0.2) is 24.6 Å². The van der Waals surface area contributed by atoms with Crippen molar-refractivity contribution in [2.75, 3.05) is 11.9 Å². The van der Waals surface area contributed by atoms with Gasteiger partial charge in [-0.3, -0.25) is 4.79 Å². The summed E-state index contributed by atoms with van der Waals surface area (Å²) in [4.78, 5) is 24.3. The van der Waals surface area contributed by atoms with Gasteiger partial charge in [-0.15, -0.1) is 0 Å². The van der Waals surface area contributed by atoms with Crippen molar-refractivity contribution >= 4 is 45.8 Å². The molecule has 3 rings (SSSR count). The van der Waals surface area contributed by atoms with Crippen LogP contribution in [-0.2, 0) is 9.59 Å². The lowest BCUT2D eigenvalue weighted by atomic mass is 10.1. The molecule has 0 aliphatic carbocycles. The molecule has 32 heavy (non-hydrogen) atoms. The molecule has 0 unspecified atom stereocenters. The van der Waals surface area contributed by atoms with Crippen LogP contribution in [0.1, 0.15) is 22.5 Å². The minimum Gasteiger partial charge on any atom is -0.465 e. The number of benzene rings is 2. The zero-order chi connectivity index (χ0) is 22.9. The zero-order valence-electron chi connectivity index (χ0n) is 17.6. The molecule has 1 heterocycles. The van der Waals surface area contributed by atoms with E-state index in [1.807, 2.05) is 32.0 Å². The van der Waals surface area contributed by atoms with Gasteiger partial charge in [0.25, 0.3) is 5.91 Å². The lowest BCUT2D eigenvalue weighted by Crippen LogP contribution is -2.26. The Morgan fingerprint density at radius 1 is 1.12 bits per heavy atom. The van der Waals surface area contributed by atoms with Gasteiger partial charge < -0.3 is 14.5 Å². The van der Waals surface area contributed by atoms with Crippen LogP contribution in [0.5, 0.6) is 5.75 Å². The molecule has 3 aromatic rings. The van der Waals surface area contributed by atoms with Crippen molar-refractivity contribution < 1.29 is 18.7 Å². The summed E-state index contributed by atoms with van der Waals surface area (Å²) in [5.74, 6) is -0.0373. The topological polar surface area (TPSA) is 92.9 Å². The Labute approximate surface area is 194 Å². The second-order valence-corrected chi connectivity index (χ2v) is 7.78. The van der Waals surface area contributed by atoms with Crippen molar-refractivity contribution in [1.82, 2.24) is 5.43 Å². The van der Waals surface area contributed by atoms with Crippen LogP contribution in [0.2, 0.25) is 0 Å². The quantitative estimate of drug-likeness (QED) is 0.153. The number of hydrazone groups is 1. The van der Waals surface area contributed by atoms with E-state index in [1.165, 1.54) is 24.6 Å². The first-order chi connectivity index (χ1) is 15.4. The number of para-hydroxylation sites is 1. The first-order valence-electron chi connectivity index (χ1n) is 9.77. The van der Waals surface area contributed by atoms with Gasteiger partial charge in [0, 0.05) is 21.8 Å². The van der Waals surface area contributed by atoms with Crippen LogP contribution in [0.3, 0.4) is 0 Å². The second kappa shape index (κ2) is 11.1. The molecule has 0 saturated carbocycles. The Balaban J connectivity index is 1.59. The molecule has 0 aliphatic rings. The highest BCUT2D eigenvalue weighted by atomic mass is 79.9. The molecular formula is C24H22BrN3O4.